The van der Waals surface area contributed by atoms with Crippen molar-refractivity contribution in [1.82, 2.24) is 4.98 Å². The average Bonchev–Trinajstić information content (AvgIpc) is 2.45. The van der Waals surface area contributed by atoms with Crippen molar-refractivity contribution in [1.29, 1.82) is 0 Å². The minimum Gasteiger partial charge on any atom is -0.440 e. The van der Waals surface area contributed by atoms with Crippen molar-refractivity contribution in [2.24, 2.45) is 9.98 Å². The molecule has 0 saturated heterocycles. The molecule has 0 radical (unpaired) electrons. The first kappa shape index (κ1) is 8.64. The summed E-state index contributed by atoms with van der Waals surface area (Å²) in [5.41, 5.74) is 0. The molecule has 4 heteroatoms. The molecular formula is C8H11N3O. The quantitative estimate of drug-likeness (QED) is 0.502. The molecule has 0 saturated carbocycles. The fraction of sp³-hybridized carbons (Fsp3) is 0.375. The molecule has 0 fully saturated rings. The Bertz CT molecular complexity index is 288. The molecule has 0 aliphatic heterocycles. The van der Waals surface area contributed by atoms with E-state index in [-0.39, 0.29) is 0 Å². The Morgan fingerprint density at radius 3 is 3.08 bits per heavy atom. The van der Waals surface area contributed by atoms with Crippen LogP contribution in [0.25, 0.3) is 0 Å². The number of hydrogen-bond acceptors (Lipinski definition) is 3. The lowest BCUT2D eigenvalue weighted by atomic mass is 10.6. The Hall–Kier alpha value is -1.45. The number of aliphatic imine (C=N–C) groups is 2. The monoisotopic (exact) mass is 165 g/mol. The normalized spacial score (nSPS) is 11.8. The second kappa shape index (κ2) is 4.43. The highest BCUT2D eigenvalue weighted by atomic mass is 16.3. The van der Waals surface area contributed by atoms with Gasteiger partial charge in [-0.25, -0.2) is 9.98 Å². The van der Waals surface area contributed by atoms with Gasteiger partial charge in [0.05, 0.1) is 12.4 Å². The first-order chi connectivity index (χ1) is 5.83. The molecular weight excluding hydrogens is 154 g/mol. The van der Waals surface area contributed by atoms with E-state index in [2.05, 4.69) is 15.0 Å². The number of oxazole rings is 1. The maximum atomic E-state index is 5.14. The number of nitrogens with zero attached hydrogens (tertiary/aromatic N) is 3. The van der Waals surface area contributed by atoms with Gasteiger partial charge >= 0.3 is 0 Å². The zero-order chi connectivity index (χ0) is 8.81. The third-order valence-electron chi connectivity index (χ3n) is 1.17. The molecule has 1 rings (SSSR count). The summed E-state index contributed by atoms with van der Waals surface area (Å²) in [6.45, 7) is 4.48. The molecule has 1 aromatic heterocycles. The Balaban J connectivity index is 2.51. The maximum absolute atomic E-state index is 5.14. The van der Waals surface area contributed by atoms with E-state index in [0.29, 0.717) is 11.7 Å². The van der Waals surface area contributed by atoms with Crippen LogP contribution < -0.4 is 0 Å². The van der Waals surface area contributed by atoms with Gasteiger partial charge < -0.3 is 4.42 Å². The molecule has 1 aromatic rings. The highest BCUT2D eigenvalue weighted by Crippen LogP contribution is 1.97. The SMILES string of the molecule is CCN=CN=Cc1cnc(C)o1. The van der Waals surface area contributed by atoms with Gasteiger partial charge in [0, 0.05) is 13.5 Å². The number of hydrogen-bond donors (Lipinski definition) is 0. The van der Waals surface area contributed by atoms with Crippen LogP contribution in [0.5, 0.6) is 0 Å². The van der Waals surface area contributed by atoms with Gasteiger partial charge in [-0.1, -0.05) is 0 Å². The molecule has 0 aliphatic carbocycles. The van der Waals surface area contributed by atoms with Crippen LogP contribution in [0.1, 0.15) is 18.6 Å². The van der Waals surface area contributed by atoms with Crippen LogP contribution >= 0.6 is 0 Å². The Morgan fingerprint density at radius 2 is 2.50 bits per heavy atom. The van der Waals surface area contributed by atoms with E-state index in [1.165, 1.54) is 6.34 Å². The Morgan fingerprint density at radius 1 is 1.67 bits per heavy atom. The average molecular weight is 165 g/mol. The van der Waals surface area contributed by atoms with Crippen molar-refractivity contribution in [3.05, 3.63) is 17.8 Å². The van der Waals surface area contributed by atoms with Crippen molar-refractivity contribution < 1.29 is 4.42 Å². The van der Waals surface area contributed by atoms with Gasteiger partial charge in [-0.15, -0.1) is 0 Å². The van der Waals surface area contributed by atoms with Crippen molar-refractivity contribution >= 4 is 12.6 Å². The first-order valence-corrected chi connectivity index (χ1v) is 3.77. The van der Waals surface area contributed by atoms with Crippen LogP contribution in [-0.4, -0.2) is 24.1 Å². The Kier molecular flexibility index (Phi) is 3.19. The van der Waals surface area contributed by atoms with E-state index in [1.807, 2.05) is 6.92 Å². The second-order valence-electron chi connectivity index (χ2n) is 2.17. The molecule has 0 atom stereocenters. The standard InChI is InChI=1S/C8H11N3O/c1-3-9-6-10-4-8-5-11-7(2)12-8/h4-6H,3H2,1-2H3. The van der Waals surface area contributed by atoms with Crippen LogP contribution in [0.15, 0.2) is 20.6 Å². The highest BCUT2D eigenvalue weighted by molar-refractivity contribution is 5.82. The summed E-state index contributed by atoms with van der Waals surface area (Å²) >= 11 is 0. The molecule has 0 bridgehead atoms. The minimum atomic E-state index is 0.642. The lowest BCUT2D eigenvalue weighted by Gasteiger charge is -1.79. The van der Waals surface area contributed by atoms with Gasteiger partial charge in [-0.3, -0.25) is 4.99 Å². The summed E-state index contributed by atoms with van der Waals surface area (Å²) in [5, 5.41) is 0. The van der Waals surface area contributed by atoms with E-state index < -0.39 is 0 Å². The summed E-state index contributed by atoms with van der Waals surface area (Å²) in [6.07, 6.45) is 4.70. The van der Waals surface area contributed by atoms with Crippen LogP contribution in [0.3, 0.4) is 0 Å². The van der Waals surface area contributed by atoms with Crippen LogP contribution in [-0.2, 0) is 0 Å². The highest BCUT2D eigenvalue weighted by Gasteiger charge is 1.92. The molecule has 0 aromatic carbocycles. The third kappa shape index (κ3) is 2.65. The van der Waals surface area contributed by atoms with Crippen LogP contribution in [0, 0.1) is 6.92 Å². The minimum absolute atomic E-state index is 0.642. The molecule has 0 spiro atoms. The zero-order valence-corrected chi connectivity index (χ0v) is 7.19. The summed E-state index contributed by atoms with van der Waals surface area (Å²) in [5.74, 6) is 1.29. The molecule has 0 unspecified atom stereocenters. The maximum Gasteiger partial charge on any atom is 0.191 e. The molecule has 0 amide bonds. The lowest BCUT2D eigenvalue weighted by molar-refractivity contribution is 0.516. The summed E-state index contributed by atoms with van der Waals surface area (Å²) < 4.78 is 5.14. The topological polar surface area (TPSA) is 50.8 Å². The number of rotatable bonds is 3. The first-order valence-electron chi connectivity index (χ1n) is 3.77. The van der Waals surface area contributed by atoms with Gasteiger partial charge in [0.25, 0.3) is 0 Å². The van der Waals surface area contributed by atoms with Gasteiger partial charge in [-0.05, 0) is 6.92 Å². The van der Waals surface area contributed by atoms with E-state index >= 15 is 0 Å². The van der Waals surface area contributed by atoms with Gasteiger partial charge in [0.1, 0.15) is 6.34 Å². The third-order valence-corrected chi connectivity index (χ3v) is 1.17. The van der Waals surface area contributed by atoms with Crippen molar-refractivity contribution in [3.8, 4) is 0 Å². The van der Waals surface area contributed by atoms with Gasteiger partial charge in [-0.2, -0.15) is 0 Å². The van der Waals surface area contributed by atoms with E-state index in [1.54, 1.807) is 19.3 Å². The van der Waals surface area contributed by atoms with E-state index in [9.17, 15) is 0 Å². The number of aromatic nitrogens is 1. The second-order valence-corrected chi connectivity index (χ2v) is 2.17. The molecule has 4 nitrogen and oxygen atoms in total. The molecule has 1 heterocycles. The molecule has 12 heavy (non-hydrogen) atoms. The molecule has 0 aliphatic rings. The lowest BCUT2D eigenvalue weighted by Crippen LogP contribution is -1.76. The Labute approximate surface area is 71.1 Å². The fourth-order valence-electron chi connectivity index (χ4n) is 0.673. The summed E-state index contributed by atoms with van der Waals surface area (Å²) in [4.78, 5) is 11.7. The summed E-state index contributed by atoms with van der Waals surface area (Å²) in [7, 11) is 0. The number of aryl methyl sites for hydroxylation is 1. The predicted octanol–water partition coefficient (Wildman–Crippen LogP) is 1.45. The van der Waals surface area contributed by atoms with Gasteiger partial charge in [0.2, 0.25) is 0 Å². The predicted molar refractivity (Wildman–Crippen MR) is 47.9 cm³/mol. The fourth-order valence-corrected chi connectivity index (χ4v) is 0.673. The van der Waals surface area contributed by atoms with E-state index in [0.717, 1.165) is 6.54 Å². The van der Waals surface area contributed by atoms with Crippen LogP contribution in [0.4, 0.5) is 0 Å². The summed E-state index contributed by atoms with van der Waals surface area (Å²) in [6, 6.07) is 0. The molecule has 64 valence electrons. The van der Waals surface area contributed by atoms with Crippen molar-refractivity contribution in [3.63, 3.8) is 0 Å². The van der Waals surface area contributed by atoms with Crippen LogP contribution in [0.2, 0.25) is 0 Å². The van der Waals surface area contributed by atoms with Crippen molar-refractivity contribution in [2.45, 2.75) is 13.8 Å². The zero-order valence-electron chi connectivity index (χ0n) is 7.19. The van der Waals surface area contributed by atoms with Gasteiger partial charge in [0.15, 0.2) is 11.7 Å². The smallest absolute Gasteiger partial charge is 0.191 e. The van der Waals surface area contributed by atoms with Crippen molar-refractivity contribution in [2.75, 3.05) is 6.54 Å². The van der Waals surface area contributed by atoms with E-state index in [4.69, 9.17) is 4.42 Å². The largest absolute Gasteiger partial charge is 0.440 e. The molecule has 0 N–H and O–H groups in total.